The molecule has 0 spiro atoms. The van der Waals surface area contributed by atoms with Gasteiger partial charge < -0.3 is 11.1 Å². The van der Waals surface area contributed by atoms with E-state index in [0.29, 0.717) is 11.4 Å². The molecule has 0 aliphatic carbocycles. The third-order valence-corrected chi connectivity index (χ3v) is 3.40. The molecule has 0 aliphatic heterocycles. The van der Waals surface area contributed by atoms with Crippen molar-refractivity contribution in [3.8, 4) is 0 Å². The maximum Gasteiger partial charge on any atom is 0.252 e. The first-order valence-electron chi connectivity index (χ1n) is 5.16. The summed E-state index contributed by atoms with van der Waals surface area (Å²) in [5.41, 5.74) is 7.22. The number of amides is 1. The average molecular weight is 256 g/mol. The SMILES string of the molecule is CCC(CC(N)=S)NC(=O)c1cscc1C. The predicted octanol–water partition coefficient (Wildman–Crippen LogP) is 2.24. The summed E-state index contributed by atoms with van der Waals surface area (Å²) in [6.45, 7) is 3.93. The number of hydrogen-bond acceptors (Lipinski definition) is 3. The molecule has 0 bridgehead atoms. The Balaban J connectivity index is 2.62. The molecule has 3 N–H and O–H groups in total. The second-order valence-corrected chi connectivity index (χ2v) is 4.99. The highest BCUT2D eigenvalue weighted by molar-refractivity contribution is 7.80. The molecule has 1 aromatic rings. The first kappa shape index (κ1) is 13.1. The average Bonchev–Trinajstić information content (AvgIpc) is 2.62. The Morgan fingerprint density at radius 1 is 1.62 bits per heavy atom. The lowest BCUT2D eigenvalue weighted by molar-refractivity contribution is 0.0937. The molecule has 1 rings (SSSR count). The number of nitrogens with one attached hydrogen (secondary N) is 1. The van der Waals surface area contributed by atoms with Crippen LogP contribution in [-0.4, -0.2) is 16.9 Å². The first-order chi connectivity index (χ1) is 7.54. The van der Waals surface area contributed by atoms with Crippen LogP contribution in [0.15, 0.2) is 10.8 Å². The fourth-order valence-electron chi connectivity index (χ4n) is 1.40. The summed E-state index contributed by atoms with van der Waals surface area (Å²) in [6.07, 6.45) is 1.38. The van der Waals surface area contributed by atoms with Crippen molar-refractivity contribution in [2.75, 3.05) is 0 Å². The van der Waals surface area contributed by atoms with Gasteiger partial charge in [-0.15, -0.1) is 0 Å². The van der Waals surface area contributed by atoms with E-state index in [4.69, 9.17) is 18.0 Å². The van der Waals surface area contributed by atoms with Gasteiger partial charge in [0.25, 0.3) is 5.91 Å². The van der Waals surface area contributed by atoms with Crippen LogP contribution in [0.2, 0.25) is 0 Å². The summed E-state index contributed by atoms with van der Waals surface area (Å²) < 4.78 is 0. The van der Waals surface area contributed by atoms with E-state index in [9.17, 15) is 4.79 Å². The zero-order valence-electron chi connectivity index (χ0n) is 9.45. The molecule has 1 heterocycles. The number of thiocarbonyl (C=S) groups is 1. The second kappa shape index (κ2) is 5.96. The lowest BCUT2D eigenvalue weighted by atomic mass is 10.1. The smallest absolute Gasteiger partial charge is 0.252 e. The monoisotopic (exact) mass is 256 g/mol. The molecular formula is C11H16N2OS2. The molecule has 88 valence electrons. The minimum absolute atomic E-state index is 0.0318. The molecule has 0 saturated carbocycles. The van der Waals surface area contributed by atoms with Gasteiger partial charge in [-0.3, -0.25) is 4.79 Å². The molecule has 0 radical (unpaired) electrons. The lowest BCUT2D eigenvalue weighted by Gasteiger charge is -2.16. The summed E-state index contributed by atoms with van der Waals surface area (Å²) in [5, 5.41) is 6.76. The number of hydrogen-bond donors (Lipinski definition) is 2. The van der Waals surface area contributed by atoms with Crippen LogP contribution in [0.5, 0.6) is 0 Å². The van der Waals surface area contributed by atoms with E-state index in [2.05, 4.69) is 5.32 Å². The molecule has 1 aromatic heterocycles. The fraction of sp³-hybridized carbons (Fsp3) is 0.455. The second-order valence-electron chi connectivity index (χ2n) is 3.72. The molecular weight excluding hydrogens is 240 g/mol. The zero-order chi connectivity index (χ0) is 12.1. The highest BCUT2D eigenvalue weighted by Crippen LogP contribution is 2.14. The van der Waals surface area contributed by atoms with Gasteiger partial charge >= 0.3 is 0 Å². The van der Waals surface area contributed by atoms with Crippen molar-refractivity contribution in [1.82, 2.24) is 5.32 Å². The number of rotatable bonds is 5. The standard InChI is InChI=1S/C11H16N2OS2/c1-3-8(4-10(12)15)13-11(14)9-6-16-5-7(9)2/h5-6,8H,3-4H2,1-2H3,(H2,12,15)(H,13,14). The van der Waals surface area contributed by atoms with Gasteiger partial charge in [-0.2, -0.15) is 11.3 Å². The van der Waals surface area contributed by atoms with Crippen LogP contribution < -0.4 is 11.1 Å². The highest BCUT2D eigenvalue weighted by atomic mass is 32.1. The maximum absolute atomic E-state index is 11.9. The van der Waals surface area contributed by atoms with Crippen LogP contribution in [0, 0.1) is 6.92 Å². The third-order valence-electron chi connectivity index (χ3n) is 2.38. The molecule has 3 nitrogen and oxygen atoms in total. The summed E-state index contributed by atoms with van der Waals surface area (Å²) in [4.78, 5) is 12.3. The largest absolute Gasteiger partial charge is 0.393 e. The molecule has 0 aliphatic rings. The topological polar surface area (TPSA) is 55.1 Å². The van der Waals surface area contributed by atoms with E-state index in [1.165, 1.54) is 11.3 Å². The van der Waals surface area contributed by atoms with Crippen molar-refractivity contribution in [2.45, 2.75) is 32.7 Å². The zero-order valence-corrected chi connectivity index (χ0v) is 11.1. The lowest BCUT2D eigenvalue weighted by Crippen LogP contribution is -2.37. The quantitative estimate of drug-likeness (QED) is 0.794. The normalized spacial score (nSPS) is 12.1. The minimum atomic E-state index is -0.0400. The van der Waals surface area contributed by atoms with E-state index >= 15 is 0 Å². The van der Waals surface area contributed by atoms with Crippen molar-refractivity contribution in [1.29, 1.82) is 0 Å². The van der Waals surface area contributed by atoms with Gasteiger partial charge in [0.2, 0.25) is 0 Å². The van der Waals surface area contributed by atoms with E-state index < -0.39 is 0 Å². The molecule has 1 atom stereocenters. The molecule has 0 fully saturated rings. The van der Waals surface area contributed by atoms with Crippen molar-refractivity contribution in [2.24, 2.45) is 5.73 Å². The Morgan fingerprint density at radius 3 is 2.75 bits per heavy atom. The number of nitrogens with two attached hydrogens (primary N) is 1. The summed E-state index contributed by atoms with van der Waals surface area (Å²) in [5.74, 6) is -0.0400. The summed E-state index contributed by atoms with van der Waals surface area (Å²) in [7, 11) is 0. The Hall–Kier alpha value is -0.940. The highest BCUT2D eigenvalue weighted by Gasteiger charge is 2.14. The van der Waals surface area contributed by atoms with Crippen molar-refractivity contribution in [3.05, 3.63) is 21.9 Å². The molecule has 0 aromatic carbocycles. The number of carbonyl (C=O) groups excluding carboxylic acids is 1. The number of aryl methyl sites for hydroxylation is 1. The van der Waals surface area contributed by atoms with Crippen molar-refractivity contribution >= 4 is 34.5 Å². The van der Waals surface area contributed by atoms with Crippen LogP contribution in [-0.2, 0) is 0 Å². The van der Waals surface area contributed by atoms with Crippen LogP contribution in [0.3, 0.4) is 0 Å². The van der Waals surface area contributed by atoms with Crippen LogP contribution in [0.25, 0.3) is 0 Å². The Morgan fingerprint density at radius 2 is 2.31 bits per heavy atom. The first-order valence-corrected chi connectivity index (χ1v) is 6.51. The molecule has 1 amide bonds. The van der Waals surface area contributed by atoms with Gasteiger partial charge in [0, 0.05) is 17.8 Å². The predicted molar refractivity (Wildman–Crippen MR) is 72.0 cm³/mol. The molecule has 16 heavy (non-hydrogen) atoms. The van der Waals surface area contributed by atoms with Gasteiger partial charge in [0.05, 0.1) is 10.6 Å². The summed E-state index contributed by atoms with van der Waals surface area (Å²) in [6, 6.07) is 0.0318. The molecule has 5 heteroatoms. The third kappa shape index (κ3) is 3.57. The molecule has 0 saturated heterocycles. The van der Waals surface area contributed by atoms with Gasteiger partial charge in [-0.25, -0.2) is 0 Å². The van der Waals surface area contributed by atoms with Gasteiger partial charge in [-0.1, -0.05) is 19.1 Å². The van der Waals surface area contributed by atoms with Crippen LogP contribution in [0.1, 0.15) is 35.7 Å². The number of thiophene rings is 1. The molecule has 1 unspecified atom stereocenters. The van der Waals surface area contributed by atoms with Gasteiger partial charge in [-0.05, 0) is 24.3 Å². The Kier molecular flexibility index (Phi) is 4.89. The minimum Gasteiger partial charge on any atom is -0.393 e. The van der Waals surface area contributed by atoms with Crippen LogP contribution in [0.4, 0.5) is 0 Å². The number of carbonyl (C=O) groups is 1. The van der Waals surface area contributed by atoms with Crippen LogP contribution >= 0.6 is 23.6 Å². The van der Waals surface area contributed by atoms with Gasteiger partial charge in [0.15, 0.2) is 0 Å². The van der Waals surface area contributed by atoms with Crippen molar-refractivity contribution < 1.29 is 4.79 Å². The van der Waals surface area contributed by atoms with E-state index in [0.717, 1.165) is 17.5 Å². The summed E-state index contributed by atoms with van der Waals surface area (Å²) >= 11 is 6.38. The fourth-order valence-corrected chi connectivity index (χ4v) is 2.43. The Labute approximate surface area is 105 Å². The van der Waals surface area contributed by atoms with Crippen molar-refractivity contribution in [3.63, 3.8) is 0 Å². The van der Waals surface area contributed by atoms with Gasteiger partial charge in [0.1, 0.15) is 0 Å². The van der Waals surface area contributed by atoms with E-state index in [-0.39, 0.29) is 11.9 Å². The van der Waals surface area contributed by atoms with E-state index in [1.54, 1.807) is 0 Å². The maximum atomic E-state index is 11.9. The Bertz CT molecular complexity index is 387. The van der Waals surface area contributed by atoms with E-state index in [1.807, 2.05) is 24.6 Å².